The number of Topliss-reactive ketones (excluding diaryl/α,β-unsaturated/α-hetero) is 1. The Bertz CT molecular complexity index is 1260. The number of nitrogens with zero attached hydrogens (tertiary/aromatic N) is 3. The molecule has 3 heterocycles. The number of hydrogen-bond acceptors (Lipinski definition) is 5. The molecule has 1 aliphatic rings. The number of rotatable bonds is 8. The third kappa shape index (κ3) is 5.77. The molecule has 0 aliphatic carbocycles. The van der Waals surface area contributed by atoms with Crippen molar-refractivity contribution in [3.63, 3.8) is 0 Å². The number of esters is 1. The van der Waals surface area contributed by atoms with Crippen LogP contribution in [-0.2, 0) is 16.1 Å². The highest BCUT2D eigenvalue weighted by atomic mass is 16.5. The standard InChI is InChI=1S/C27H30N4O4/c1-18-6-8-21(9-7-18)16-31-20(3)23(19(2)29-31)10-11-26(33)35-17-25(32)22-14-24(28-15-22)27(34)30-12-4-5-13-30/h6-11,14-15,28H,4-5,12-13,16-17H2,1-3H3/b11-10+. The predicted molar refractivity (Wildman–Crippen MR) is 132 cm³/mol. The predicted octanol–water partition coefficient (Wildman–Crippen LogP) is 3.86. The van der Waals surface area contributed by atoms with E-state index in [1.165, 1.54) is 23.9 Å². The van der Waals surface area contributed by atoms with E-state index < -0.39 is 12.6 Å². The van der Waals surface area contributed by atoms with Crippen LogP contribution in [0.25, 0.3) is 6.08 Å². The molecule has 8 heteroatoms. The molecule has 1 aliphatic heterocycles. The number of carbonyl (C=O) groups is 3. The van der Waals surface area contributed by atoms with Crippen molar-refractivity contribution in [1.29, 1.82) is 0 Å². The van der Waals surface area contributed by atoms with E-state index >= 15 is 0 Å². The Morgan fingerprint density at radius 3 is 2.51 bits per heavy atom. The third-order valence-electron chi connectivity index (χ3n) is 6.25. The van der Waals surface area contributed by atoms with Gasteiger partial charge in [0.25, 0.3) is 5.91 Å². The summed E-state index contributed by atoms with van der Waals surface area (Å²) in [4.78, 5) is 41.7. The molecule has 8 nitrogen and oxygen atoms in total. The number of aryl methyl sites for hydroxylation is 2. The van der Waals surface area contributed by atoms with Crippen molar-refractivity contribution >= 4 is 23.7 Å². The maximum atomic E-state index is 12.4. The Kier molecular flexibility index (Phi) is 7.29. The van der Waals surface area contributed by atoms with E-state index in [1.807, 2.05) is 18.5 Å². The van der Waals surface area contributed by atoms with Crippen LogP contribution >= 0.6 is 0 Å². The van der Waals surface area contributed by atoms with Crippen molar-refractivity contribution in [2.45, 2.75) is 40.2 Å². The number of H-pyrrole nitrogens is 1. The summed E-state index contributed by atoms with van der Waals surface area (Å²) in [5.74, 6) is -1.11. The minimum Gasteiger partial charge on any atom is -0.454 e. The second-order valence-corrected chi connectivity index (χ2v) is 8.89. The number of aromatic amines is 1. The van der Waals surface area contributed by atoms with Gasteiger partial charge in [0.05, 0.1) is 12.2 Å². The van der Waals surface area contributed by atoms with Crippen LogP contribution in [-0.4, -0.2) is 57.0 Å². The van der Waals surface area contributed by atoms with Crippen LogP contribution in [0.5, 0.6) is 0 Å². The summed E-state index contributed by atoms with van der Waals surface area (Å²) in [6.45, 7) is 7.59. The number of likely N-dealkylation sites (tertiary alicyclic amines) is 1. The summed E-state index contributed by atoms with van der Waals surface area (Å²) >= 11 is 0. The second-order valence-electron chi connectivity index (χ2n) is 8.89. The first-order valence-corrected chi connectivity index (χ1v) is 11.8. The van der Waals surface area contributed by atoms with E-state index in [4.69, 9.17) is 4.74 Å². The van der Waals surface area contributed by atoms with Gasteiger partial charge in [0, 0.05) is 42.2 Å². The normalized spacial score (nSPS) is 13.5. The van der Waals surface area contributed by atoms with Gasteiger partial charge in [-0.25, -0.2) is 4.79 Å². The first kappa shape index (κ1) is 24.2. The SMILES string of the molecule is Cc1ccc(Cn2nc(C)c(/C=C/C(=O)OCC(=O)c3c[nH]c(C(=O)N4CCCC4)c3)c2C)cc1. The van der Waals surface area contributed by atoms with E-state index in [-0.39, 0.29) is 11.7 Å². The van der Waals surface area contributed by atoms with Crippen molar-refractivity contribution in [2.24, 2.45) is 0 Å². The first-order valence-electron chi connectivity index (χ1n) is 11.8. The molecule has 1 aromatic carbocycles. The topological polar surface area (TPSA) is 97.3 Å². The van der Waals surface area contributed by atoms with Gasteiger partial charge in [0.1, 0.15) is 5.69 Å². The average molecular weight is 475 g/mol. The number of amides is 1. The number of aromatic nitrogens is 3. The van der Waals surface area contributed by atoms with E-state index in [9.17, 15) is 14.4 Å². The molecule has 4 rings (SSSR count). The van der Waals surface area contributed by atoms with Gasteiger partial charge in [-0.2, -0.15) is 5.10 Å². The van der Waals surface area contributed by atoms with Crippen molar-refractivity contribution in [1.82, 2.24) is 19.7 Å². The summed E-state index contributed by atoms with van der Waals surface area (Å²) in [6, 6.07) is 9.80. The van der Waals surface area contributed by atoms with Crippen molar-refractivity contribution in [3.8, 4) is 0 Å². The molecule has 3 aromatic rings. The molecule has 1 fully saturated rings. The van der Waals surface area contributed by atoms with E-state index in [0.717, 1.165) is 48.4 Å². The Labute approximate surface area is 204 Å². The number of hydrogen-bond donors (Lipinski definition) is 1. The van der Waals surface area contributed by atoms with Crippen molar-refractivity contribution < 1.29 is 19.1 Å². The van der Waals surface area contributed by atoms with Gasteiger partial charge in [0.2, 0.25) is 5.78 Å². The third-order valence-corrected chi connectivity index (χ3v) is 6.25. The fourth-order valence-corrected chi connectivity index (χ4v) is 4.16. The number of carbonyl (C=O) groups excluding carboxylic acids is 3. The van der Waals surface area contributed by atoms with Gasteiger partial charge in [-0.3, -0.25) is 14.3 Å². The Morgan fingerprint density at radius 1 is 1.09 bits per heavy atom. The molecule has 182 valence electrons. The van der Waals surface area contributed by atoms with Gasteiger partial charge in [-0.15, -0.1) is 0 Å². The van der Waals surface area contributed by atoms with Crippen LogP contribution in [0.3, 0.4) is 0 Å². The number of benzene rings is 1. The molecule has 0 atom stereocenters. The lowest BCUT2D eigenvalue weighted by Crippen LogP contribution is -2.27. The quantitative estimate of drug-likeness (QED) is 0.304. The molecule has 0 unspecified atom stereocenters. The van der Waals surface area contributed by atoms with Crippen LogP contribution in [0.15, 0.2) is 42.6 Å². The van der Waals surface area contributed by atoms with Crippen molar-refractivity contribution in [3.05, 3.63) is 81.9 Å². The summed E-state index contributed by atoms with van der Waals surface area (Å²) < 4.78 is 7.04. The van der Waals surface area contributed by atoms with E-state index in [1.54, 1.807) is 11.0 Å². The maximum absolute atomic E-state index is 12.4. The lowest BCUT2D eigenvalue weighted by atomic mass is 10.1. The highest BCUT2D eigenvalue weighted by Gasteiger charge is 2.22. The Morgan fingerprint density at radius 2 is 1.80 bits per heavy atom. The molecule has 0 radical (unpaired) electrons. The maximum Gasteiger partial charge on any atom is 0.331 e. The molecule has 2 aromatic heterocycles. The van der Waals surface area contributed by atoms with Crippen LogP contribution in [0, 0.1) is 20.8 Å². The smallest absolute Gasteiger partial charge is 0.331 e. The average Bonchev–Trinajstić information content (AvgIpc) is 3.60. The molecule has 1 saturated heterocycles. The number of ketones is 1. The zero-order valence-electron chi connectivity index (χ0n) is 20.3. The zero-order chi connectivity index (χ0) is 24.9. The van der Waals surface area contributed by atoms with Crippen LogP contribution in [0.2, 0.25) is 0 Å². The molecule has 1 amide bonds. The van der Waals surface area contributed by atoms with E-state index in [2.05, 4.69) is 41.3 Å². The summed E-state index contributed by atoms with van der Waals surface area (Å²) in [7, 11) is 0. The highest BCUT2D eigenvalue weighted by Crippen LogP contribution is 2.17. The van der Waals surface area contributed by atoms with Crippen molar-refractivity contribution in [2.75, 3.05) is 19.7 Å². The molecule has 35 heavy (non-hydrogen) atoms. The largest absolute Gasteiger partial charge is 0.454 e. The number of ether oxygens (including phenoxy) is 1. The summed E-state index contributed by atoms with van der Waals surface area (Å²) in [5, 5.41) is 4.59. The Hall–Kier alpha value is -3.94. The fourth-order valence-electron chi connectivity index (χ4n) is 4.16. The minimum atomic E-state index is -0.618. The lowest BCUT2D eigenvalue weighted by molar-refractivity contribution is -0.136. The van der Waals surface area contributed by atoms with Gasteiger partial charge >= 0.3 is 5.97 Å². The van der Waals surface area contributed by atoms with Crippen LogP contribution in [0.1, 0.15) is 61.8 Å². The Balaban J connectivity index is 1.32. The minimum absolute atomic E-state index is 0.116. The second kappa shape index (κ2) is 10.5. The molecular weight excluding hydrogens is 444 g/mol. The van der Waals surface area contributed by atoms with Gasteiger partial charge in [0.15, 0.2) is 6.61 Å². The summed E-state index contributed by atoms with van der Waals surface area (Å²) in [5.41, 5.74) is 5.61. The molecular formula is C27H30N4O4. The first-order chi connectivity index (χ1) is 16.8. The van der Waals surface area contributed by atoms with Gasteiger partial charge < -0.3 is 14.6 Å². The zero-order valence-corrected chi connectivity index (χ0v) is 20.3. The summed E-state index contributed by atoms with van der Waals surface area (Å²) in [6.07, 6.45) is 6.44. The monoisotopic (exact) mass is 474 g/mol. The fraction of sp³-hybridized carbons (Fsp3) is 0.333. The molecule has 1 N–H and O–H groups in total. The highest BCUT2D eigenvalue weighted by molar-refractivity contribution is 6.01. The van der Waals surface area contributed by atoms with Crippen LogP contribution < -0.4 is 0 Å². The molecule has 0 bridgehead atoms. The number of nitrogens with one attached hydrogen (secondary N) is 1. The van der Waals surface area contributed by atoms with Gasteiger partial charge in [-0.1, -0.05) is 29.8 Å². The van der Waals surface area contributed by atoms with E-state index in [0.29, 0.717) is 17.8 Å². The molecule has 0 spiro atoms. The van der Waals surface area contributed by atoms with Crippen LogP contribution in [0.4, 0.5) is 0 Å². The van der Waals surface area contributed by atoms with Gasteiger partial charge in [-0.05, 0) is 51.3 Å². The molecule has 0 saturated carbocycles. The lowest BCUT2D eigenvalue weighted by Gasteiger charge is -2.13.